The Labute approximate surface area is 224 Å². The van der Waals surface area contributed by atoms with Gasteiger partial charge in [0.25, 0.3) is 11.5 Å². The maximum Gasteiger partial charge on any atom is 0.261 e. The molecule has 3 heterocycles. The normalized spacial score (nSPS) is 28.9. The first-order chi connectivity index (χ1) is 18.1. The minimum absolute atomic E-state index is 0.0657. The van der Waals surface area contributed by atoms with E-state index in [1.54, 1.807) is 12.1 Å². The Bertz CT molecular complexity index is 1430. The van der Waals surface area contributed by atoms with Crippen LogP contribution in [-0.4, -0.2) is 77.9 Å². The van der Waals surface area contributed by atoms with Gasteiger partial charge in [0.15, 0.2) is 9.84 Å². The van der Waals surface area contributed by atoms with Crippen LogP contribution in [0.2, 0.25) is 0 Å². The number of nitrogens with one attached hydrogen (secondary N) is 1. The fourth-order valence-electron chi connectivity index (χ4n) is 7.25. The van der Waals surface area contributed by atoms with Crippen molar-refractivity contribution < 1.29 is 18.3 Å². The van der Waals surface area contributed by atoms with E-state index in [1.165, 1.54) is 17.7 Å². The van der Waals surface area contributed by atoms with Gasteiger partial charge in [-0.15, -0.1) is 0 Å². The highest BCUT2D eigenvalue weighted by Crippen LogP contribution is 2.51. The predicted octanol–water partition coefficient (Wildman–Crippen LogP) is 2.42. The van der Waals surface area contributed by atoms with Gasteiger partial charge >= 0.3 is 0 Å². The molecule has 6 rings (SSSR count). The standard InChI is InChI=1S/C29H37N3O5S/c1-18-3-6-22(33)15-24(18)29-7-8-32(17-20-4-5-20)19(2)25(29)14-21-13-23(27(34)30-26(21)16-29)28(35)31-9-11-38(36,37)12-10-31/h3,6,13,15,19-20,25,33H,4-5,7-12,14,16-17H2,1-2H3,(H,30,34)/t19-,25+,29-/m1/s1. The van der Waals surface area contributed by atoms with Gasteiger partial charge in [-0.25, -0.2) is 8.42 Å². The molecule has 1 aromatic carbocycles. The lowest BCUT2D eigenvalue weighted by Crippen LogP contribution is -2.59. The first-order valence-electron chi connectivity index (χ1n) is 13.9. The van der Waals surface area contributed by atoms with Crippen molar-refractivity contribution in [1.29, 1.82) is 0 Å². The second-order valence-electron chi connectivity index (χ2n) is 12.0. The van der Waals surface area contributed by atoms with E-state index >= 15 is 0 Å². The SMILES string of the molecule is Cc1ccc(O)cc1[C@]12CCN(CC3CC3)[C@H](C)[C@@H]1Cc1cc(C(=O)N3CCS(=O)(=O)CC3)c(=O)[nH]c1C2. The molecule has 4 aliphatic rings. The Hall–Kier alpha value is -2.65. The van der Waals surface area contributed by atoms with E-state index in [1.807, 2.05) is 12.1 Å². The minimum Gasteiger partial charge on any atom is -0.508 e. The number of amides is 1. The third-order valence-corrected chi connectivity index (χ3v) is 11.3. The van der Waals surface area contributed by atoms with E-state index in [9.17, 15) is 23.1 Å². The van der Waals surface area contributed by atoms with Crippen molar-refractivity contribution in [3.63, 3.8) is 0 Å². The molecule has 1 amide bonds. The van der Waals surface area contributed by atoms with Crippen LogP contribution in [0.3, 0.4) is 0 Å². The van der Waals surface area contributed by atoms with E-state index in [2.05, 4.69) is 23.7 Å². The molecule has 2 N–H and O–H groups in total. The van der Waals surface area contributed by atoms with E-state index in [0.29, 0.717) is 12.5 Å². The summed E-state index contributed by atoms with van der Waals surface area (Å²) in [6.07, 6.45) is 4.95. The smallest absolute Gasteiger partial charge is 0.261 e. The van der Waals surface area contributed by atoms with Crippen LogP contribution in [0.15, 0.2) is 29.1 Å². The molecule has 0 bridgehead atoms. The number of pyridine rings is 1. The van der Waals surface area contributed by atoms with E-state index in [4.69, 9.17) is 0 Å². The number of piperidine rings is 1. The highest BCUT2D eigenvalue weighted by Gasteiger charge is 2.52. The lowest BCUT2D eigenvalue weighted by atomic mass is 9.55. The monoisotopic (exact) mass is 539 g/mol. The number of benzene rings is 1. The summed E-state index contributed by atoms with van der Waals surface area (Å²) in [5.41, 5.74) is 3.64. The molecule has 2 aromatic rings. The van der Waals surface area contributed by atoms with Crippen LogP contribution in [0.25, 0.3) is 0 Å². The Morgan fingerprint density at radius 2 is 1.89 bits per heavy atom. The summed E-state index contributed by atoms with van der Waals surface area (Å²) < 4.78 is 23.7. The Balaban J connectivity index is 1.38. The second kappa shape index (κ2) is 9.23. The summed E-state index contributed by atoms with van der Waals surface area (Å²) in [4.78, 5) is 33.7. The number of carbonyl (C=O) groups excluding carboxylic acids is 1. The highest BCUT2D eigenvalue weighted by atomic mass is 32.2. The average molecular weight is 540 g/mol. The van der Waals surface area contributed by atoms with Crippen molar-refractivity contribution >= 4 is 15.7 Å². The quantitative estimate of drug-likeness (QED) is 0.618. The molecule has 8 nitrogen and oxygen atoms in total. The van der Waals surface area contributed by atoms with E-state index in [0.717, 1.165) is 54.2 Å². The van der Waals surface area contributed by atoms with Crippen LogP contribution >= 0.6 is 0 Å². The van der Waals surface area contributed by atoms with Crippen molar-refractivity contribution in [3.8, 4) is 5.75 Å². The van der Waals surface area contributed by atoms with Gasteiger partial charge in [-0.05, 0) is 99.2 Å². The van der Waals surface area contributed by atoms with Gasteiger partial charge in [-0.3, -0.25) is 9.59 Å². The van der Waals surface area contributed by atoms with Crippen LogP contribution in [0.5, 0.6) is 5.75 Å². The third kappa shape index (κ3) is 4.47. The molecule has 1 aromatic heterocycles. The van der Waals surface area contributed by atoms with Crippen molar-refractivity contribution in [2.24, 2.45) is 11.8 Å². The van der Waals surface area contributed by atoms with Crippen molar-refractivity contribution in [2.45, 2.75) is 57.4 Å². The summed E-state index contributed by atoms with van der Waals surface area (Å²) in [6, 6.07) is 7.72. The zero-order chi connectivity index (χ0) is 26.8. The molecule has 3 atom stereocenters. The van der Waals surface area contributed by atoms with Gasteiger partial charge in [-0.2, -0.15) is 0 Å². The fourth-order valence-corrected chi connectivity index (χ4v) is 8.45. The molecular formula is C29H37N3O5S. The first-order valence-corrected chi connectivity index (χ1v) is 15.7. The molecule has 0 unspecified atom stereocenters. The van der Waals surface area contributed by atoms with Crippen LogP contribution < -0.4 is 5.56 Å². The molecule has 2 aliphatic heterocycles. The van der Waals surface area contributed by atoms with E-state index < -0.39 is 21.3 Å². The topological polar surface area (TPSA) is 111 Å². The largest absolute Gasteiger partial charge is 0.508 e. The summed E-state index contributed by atoms with van der Waals surface area (Å²) in [6.45, 7) is 6.75. The lowest BCUT2D eigenvalue weighted by molar-refractivity contribution is 0.0246. The lowest BCUT2D eigenvalue weighted by Gasteiger charge is -2.55. The molecule has 0 spiro atoms. The minimum atomic E-state index is -3.13. The number of nitrogens with zero attached hydrogens (tertiary/aromatic N) is 2. The number of aromatic amines is 1. The second-order valence-corrected chi connectivity index (χ2v) is 14.3. The van der Waals surface area contributed by atoms with Crippen molar-refractivity contribution in [3.05, 3.63) is 62.6 Å². The van der Waals surface area contributed by atoms with Gasteiger partial charge in [0.1, 0.15) is 11.3 Å². The van der Waals surface area contributed by atoms with Crippen LogP contribution in [0.4, 0.5) is 0 Å². The number of aromatic nitrogens is 1. The molecule has 9 heteroatoms. The number of carbonyl (C=O) groups is 1. The maximum atomic E-state index is 13.3. The number of rotatable bonds is 4. The summed E-state index contributed by atoms with van der Waals surface area (Å²) >= 11 is 0. The zero-order valence-electron chi connectivity index (χ0n) is 22.2. The number of H-pyrrole nitrogens is 1. The average Bonchev–Trinajstić information content (AvgIpc) is 3.70. The summed E-state index contributed by atoms with van der Waals surface area (Å²) in [7, 11) is -3.13. The fraction of sp³-hybridized carbons (Fsp3) is 0.586. The molecule has 2 aliphatic carbocycles. The molecule has 38 heavy (non-hydrogen) atoms. The Morgan fingerprint density at radius 3 is 2.61 bits per heavy atom. The highest BCUT2D eigenvalue weighted by molar-refractivity contribution is 7.91. The number of fused-ring (bicyclic) bond motifs is 2. The predicted molar refractivity (Wildman–Crippen MR) is 145 cm³/mol. The summed E-state index contributed by atoms with van der Waals surface area (Å²) in [5.74, 6) is 0.787. The van der Waals surface area contributed by atoms with Crippen LogP contribution in [0, 0.1) is 18.8 Å². The number of likely N-dealkylation sites (tertiary alicyclic amines) is 1. The molecule has 1 saturated carbocycles. The molecule has 204 valence electrons. The molecular weight excluding hydrogens is 502 g/mol. The van der Waals surface area contributed by atoms with Gasteiger partial charge < -0.3 is 19.9 Å². The van der Waals surface area contributed by atoms with Crippen LogP contribution in [-0.2, 0) is 28.1 Å². The van der Waals surface area contributed by atoms with Crippen LogP contribution in [0.1, 0.15) is 58.9 Å². The van der Waals surface area contributed by atoms with Crippen molar-refractivity contribution in [2.75, 3.05) is 37.7 Å². The number of aromatic hydroxyl groups is 1. The summed E-state index contributed by atoms with van der Waals surface area (Å²) in [5, 5.41) is 10.4. The number of phenols is 1. The van der Waals surface area contributed by atoms with Crippen molar-refractivity contribution in [1.82, 2.24) is 14.8 Å². The van der Waals surface area contributed by atoms with Gasteiger partial charge in [0.05, 0.1) is 11.5 Å². The maximum absolute atomic E-state index is 13.3. The molecule has 3 fully saturated rings. The van der Waals surface area contributed by atoms with Gasteiger partial charge in [0, 0.05) is 36.8 Å². The molecule has 2 saturated heterocycles. The number of aryl methyl sites for hydroxylation is 1. The van der Waals surface area contributed by atoms with Gasteiger partial charge in [0.2, 0.25) is 0 Å². The number of hydrogen-bond donors (Lipinski definition) is 2. The molecule has 0 radical (unpaired) electrons. The third-order valence-electron chi connectivity index (χ3n) is 9.67. The zero-order valence-corrected chi connectivity index (χ0v) is 23.0. The number of phenolic OH excluding ortho intramolecular Hbond substituents is 1. The Kier molecular flexibility index (Phi) is 6.22. The Morgan fingerprint density at radius 1 is 1.16 bits per heavy atom. The van der Waals surface area contributed by atoms with E-state index in [-0.39, 0.29) is 47.2 Å². The number of sulfone groups is 1. The first kappa shape index (κ1) is 25.6. The van der Waals surface area contributed by atoms with Gasteiger partial charge in [-0.1, -0.05) is 6.07 Å². The number of hydrogen-bond acceptors (Lipinski definition) is 6.